The van der Waals surface area contributed by atoms with Crippen LogP contribution in [-0.4, -0.2) is 18.1 Å². The monoisotopic (exact) mass is 318 g/mol. The number of nitrogens with zero attached hydrogens (tertiary/aromatic N) is 1. The predicted molar refractivity (Wildman–Crippen MR) is 89.2 cm³/mol. The molecule has 0 spiro atoms. The van der Waals surface area contributed by atoms with E-state index in [1.807, 2.05) is 6.07 Å². The first-order valence-corrected chi connectivity index (χ1v) is 6.95. The number of anilines is 2. The summed E-state index contributed by atoms with van der Waals surface area (Å²) in [6.07, 6.45) is -0.567. The molecule has 2 aromatic rings. The van der Waals surface area contributed by atoms with Gasteiger partial charge in [-0.1, -0.05) is 18.3 Å². The fourth-order valence-corrected chi connectivity index (χ4v) is 1.90. The van der Waals surface area contributed by atoms with Gasteiger partial charge in [-0.25, -0.2) is 9.18 Å². The minimum atomic E-state index is -0.567. The van der Waals surface area contributed by atoms with Gasteiger partial charge in [0.25, 0.3) is 0 Å². The van der Waals surface area contributed by atoms with Gasteiger partial charge in [0.05, 0.1) is 4.99 Å². The van der Waals surface area contributed by atoms with E-state index >= 15 is 0 Å². The summed E-state index contributed by atoms with van der Waals surface area (Å²) in [4.78, 5) is 14.0. The molecule has 1 amide bonds. The second-order valence-electron chi connectivity index (χ2n) is 4.61. The van der Waals surface area contributed by atoms with Crippen molar-refractivity contribution in [2.75, 3.05) is 17.3 Å². The first-order chi connectivity index (χ1) is 10.5. The third-order valence-electron chi connectivity index (χ3n) is 2.85. The molecule has 0 aromatic heterocycles. The average Bonchev–Trinajstić information content (AvgIpc) is 2.47. The minimum absolute atomic E-state index is 0.361. The fraction of sp³-hybridized carbons (Fsp3) is 0.125. The predicted octanol–water partition coefficient (Wildman–Crippen LogP) is 4.22. The molecule has 0 radical (unpaired) electrons. The number of nitrogens with one attached hydrogen (secondary N) is 1. The van der Waals surface area contributed by atoms with Crippen LogP contribution in [0.4, 0.5) is 20.6 Å². The highest BCUT2D eigenvalue weighted by molar-refractivity contribution is 7.80. The molecule has 2 rings (SSSR count). The van der Waals surface area contributed by atoms with Gasteiger partial charge in [-0.15, -0.1) is 0 Å². The zero-order chi connectivity index (χ0) is 16.1. The molecular formula is C16H15FN2O2S. The van der Waals surface area contributed by atoms with E-state index in [-0.39, 0.29) is 5.82 Å². The van der Waals surface area contributed by atoms with Gasteiger partial charge in [-0.2, -0.15) is 0 Å². The first-order valence-electron chi connectivity index (χ1n) is 6.54. The van der Waals surface area contributed by atoms with Gasteiger partial charge in [0.1, 0.15) is 11.6 Å². The third-order valence-corrected chi connectivity index (χ3v) is 2.95. The van der Waals surface area contributed by atoms with Crippen LogP contribution < -0.4 is 15.0 Å². The second kappa shape index (κ2) is 7.00. The van der Waals surface area contributed by atoms with Crippen LogP contribution >= 0.6 is 12.2 Å². The Kier molecular flexibility index (Phi) is 5.06. The molecule has 0 saturated carbocycles. The molecule has 0 heterocycles. The molecule has 0 unspecified atom stereocenters. The van der Waals surface area contributed by atoms with Crippen molar-refractivity contribution in [1.29, 1.82) is 0 Å². The Bertz CT molecular complexity index is 689. The normalized spacial score (nSPS) is 9.95. The number of thiocarbonyl (C=S) groups is 1. The number of amides is 1. The molecule has 0 aliphatic rings. The summed E-state index contributed by atoms with van der Waals surface area (Å²) in [6, 6.07) is 12.5. The van der Waals surface area contributed by atoms with Crippen molar-refractivity contribution in [2.45, 2.75) is 6.92 Å². The Hall–Kier alpha value is -2.47. The van der Waals surface area contributed by atoms with E-state index in [9.17, 15) is 9.18 Å². The summed E-state index contributed by atoms with van der Waals surface area (Å²) in [7, 11) is 1.55. The van der Waals surface area contributed by atoms with Crippen molar-refractivity contribution in [2.24, 2.45) is 0 Å². The molecule has 0 saturated heterocycles. The molecule has 2 aromatic carbocycles. The molecule has 1 N–H and O–H groups in total. The van der Waals surface area contributed by atoms with Crippen LogP contribution in [-0.2, 0) is 0 Å². The Labute approximate surface area is 133 Å². The summed E-state index contributed by atoms with van der Waals surface area (Å²) in [5.74, 6) is 0.0278. The van der Waals surface area contributed by atoms with Crippen molar-refractivity contribution in [3.8, 4) is 5.75 Å². The highest BCUT2D eigenvalue weighted by atomic mass is 32.1. The largest absolute Gasteiger partial charge is 0.419 e. The van der Waals surface area contributed by atoms with Gasteiger partial charge in [0.15, 0.2) is 0 Å². The number of hydrogen-bond donors (Lipinski definition) is 1. The maximum absolute atomic E-state index is 12.9. The standard InChI is InChI=1S/C16H15FN2O2S/c1-11(22)18-13-4-3-5-15(10-13)21-16(20)19(2)14-8-6-12(17)7-9-14/h3-10H,1-2H3,(H,18,22). The SMILES string of the molecule is CC(=S)Nc1cccc(OC(=O)N(C)c2ccc(F)cc2)c1. The van der Waals surface area contributed by atoms with Gasteiger partial charge < -0.3 is 10.1 Å². The van der Waals surface area contributed by atoms with E-state index in [1.54, 1.807) is 32.2 Å². The third kappa shape index (κ3) is 4.26. The fourth-order valence-electron chi connectivity index (χ4n) is 1.78. The Morgan fingerprint density at radius 3 is 2.55 bits per heavy atom. The smallest absolute Gasteiger partial charge is 0.410 e. The lowest BCUT2D eigenvalue weighted by molar-refractivity contribution is 0.209. The summed E-state index contributed by atoms with van der Waals surface area (Å²) >= 11 is 4.97. The molecule has 22 heavy (non-hydrogen) atoms. The Morgan fingerprint density at radius 2 is 1.91 bits per heavy atom. The van der Waals surface area contributed by atoms with Crippen LogP contribution in [0.3, 0.4) is 0 Å². The van der Waals surface area contributed by atoms with Gasteiger partial charge in [-0.05, 0) is 43.3 Å². The van der Waals surface area contributed by atoms with E-state index in [0.29, 0.717) is 16.4 Å². The number of hydrogen-bond acceptors (Lipinski definition) is 3. The zero-order valence-corrected chi connectivity index (χ0v) is 13.0. The maximum atomic E-state index is 12.9. The molecule has 0 fully saturated rings. The summed E-state index contributed by atoms with van der Waals surface area (Å²) in [5, 5.41) is 2.97. The number of rotatable bonds is 3. The van der Waals surface area contributed by atoms with Crippen LogP contribution in [0.1, 0.15) is 6.92 Å². The Balaban J connectivity index is 2.08. The molecule has 0 bridgehead atoms. The maximum Gasteiger partial charge on any atom is 0.419 e. The molecular weight excluding hydrogens is 303 g/mol. The molecule has 6 heteroatoms. The minimum Gasteiger partial charge on any atom is -0.410 e. The topological polar surface area (TPSA) is 41.6 Å². The highest BCUT2D eigenvalue weighted by Crippen LogP contribution is 2.20. The lowest BCUT2D eigenvalue weighted by Gasteiger charge is -2.17. The molecule has 4 nitrogen and oxygen atoms in total. The molecule has 0 aliphatic carbocycles. The van der Waals surface area contributed by atoms with E-state index in [4.69, 9.17) is 17.0 Å². The number of benzene rings is 2. The van der Waals surface area contributed by atoms with Gasteiger partial charge in [-0.3, -0.25) is 4.90 Å². The van der Waals surface area contributed by atoms with Crippen LogP contribution in [0.25, 0.3) is 0 Å². The lowest BCUT2D eigenvalue weighted by atomic mass is 10.3. The van der Waals surface area contributed by atoms with Crippen LogP contribution in [0.15, 0.2) is 48.5 Å². The number of carbonyl (C=O) groups excluding carboxylic acids is 1. The van der Waals surface area contributed by atoms with Crippen LogP contribution in [0, 0.1) is 5.82 Å². The molecule has 114 valence electrons. The first kappa shape index (κ1) is 15.9. The van der Waals surface area contributed by atoms with Crippen molar-refractivity contribution in [3.63, 3.8) is 0 Å². The van der Waals surface area contributed by atoms with Crippen LogP contribution in [0.5, 0.6) is 5.75 Å². The van der Waals surface area contributed by atoms with Gasteiger partial charge >= 0.3 is 6.09 Å². The van der Waals surface area contributed by atoms with Crippen molar-refractivity contribution < 1.29 is 13.9 Å². The van der Waals surface area contributed by atoms with Gasteiger partial charge in [0, 0.05) is 24.5 Å². The second-order valence-corrected chi connectivity index (χ2v) is 5.22. The Morgan fingerprint density at radius 1 is 1.23 bits per heavy atom. The molecule has 0 atom stereocenters. The zero-order valence-electron chi connectivity index (χ0n) is 12.2. The van der Waals surface area contributed by atoms with Gasteiger partial charge in [0.2, 0.25) is 0 Å². The van der Waals surface area contributed by atoms with E-state index in [1.165, 1.54) is 29.2 Å². The van der Waals surface area contributed by atoms with E-state index in [0.717, 1.165) is 5.69 Å². The summed E-state index contributed by atoms with van der Waals surface area (Å²) < 4.78 is 18.2. The van der Waals surface area contributed by atoms with Crippen molar-refractivity contribution >= 4 is 34.7 Å². The van der Waals surface area contributed by atoms with E-state index in [2.05, 4.69) is 5.32 Å². The van der Waals surface area contributed by atoms with Crippen molar-refractivity contribution in [1.82, 2.24) is 0 Å². The quantitative estimate of drug-likeness (QED) is 0.860. The number of ether oxygens (including phenoxy) is 1. The highest BCUT2D eigenvalue weighted by Gasteiger charge is 2.13. The lowest BCUT2D eigenvalue weighted by Crippen LogP contribution is -2.29. The molecule has 0 aliphatic heterocycles. The van der Waals surface area contributed by atoms with Crippen LogP contribution in [0.2, 0.25) is 0 Å². The summed E-state index contributed by atoms with van der Waals surface area (Å²) in [5.41, 5.74) is 1.28. The summed E-state index contributed by atoms with van der Waals surface area (Å²) in [6.45, 7) is 1.76. The average molecular weight is 318 g/mol. The number of carbonyl (C=O) groups is 1. The van der Waals surface area contributed by atoms with E-state index < -0.39 is 6.09 Å². The number of halogens is 1. The van der Waals surface area contributed by atoms with Crippen molar-refractivity contribution in [3.05, 3.63) is 54.3 Å².